The molecule has 0 fully saturated rings. The monoisotopic (exact) mass is 401 g/mol. The Hall–Kier alpha value is -4.05. The second kappa shape index (κ2) is 7.03. The molecule has 0 saturated carbocycles. The van der Waals surface area contributed by atoms with E-state index in [0.717, 1.165) is 50.7 Å². The van der Waals surface area contributed by atoms with Gasteiger partial charge >= 0.3 is 0 Å². The zero-order valence-corrected chi connectivity index (χ0v) is 17.0. The summed E-state index contributed by atoms with van der Waals surface area (Å²) < 4.78 is 6.22. The van der Waals surface area contributed by atoms with Gasteiger partial charge in [-0.2, -0.15) is 0 Å². The van der Waals surface area contributed by atoms with Crippen LogP contribution in [-0.4, -0.2) is 15.0 Å². The molecule has 0 saturated heterocycles. The third kappa shape index (κ3) is 2.96. The van der Waals surface area contributed by atoms with Crippen LogP contribution >= 0.6 is 0 Å². The van der Waals surface area contributed by atoms with Crippen molar-refractivity contribution in [3.8, 4) is 22.8 Å². The molecule has 6 rings (SSSR count). The molecule has 148 valence electrons. The van der Waals surface area contributed by atoms with E-state index in [1.165, 1.54) is 5.39 Å². The van der Waals surface area contributed by atoms with Crippen molar-refractivity contribution in [3.05, 3.63) is 90.8 Å². The van der Waals surface area contributed by atoms with E-state index in [-0.39, 0.29) is 0 Å². The fourth-order valence-corrected chi connectivity index (χ4v) is 4.11. The number of furan rings is 1. The molecule has 0 aliphatic rings. The molecule has 0 unspecified atom stereocenters. The fourth-order valence-electron chi connectivity index (χ4n) is 4.11. The highest BCUT2D eigenvalue weighted by molar-refractivity contribution is 6.15. The molecule has 2 heterocycles. The molecule has 0 bridgehead atoms. The van der Waals surface area contributed by atoms with Gasteiger partial charge < -0.3 is 4.42 Å². The minimum absolute atomic E-state index is 0.673. The summed E-state index contributed by atoms with van der Waals surface area (Å²) in [6, 6.07) is 28.8. The number of benzene rings is 4. The average molecular weight is 401 g/mol. The van der Waals surface area contributed by atoms with Crippen LogP contribution in [0, 0.1) is 0 Å². The molecule has 0 N–H and O–H groups in total. The van der Waals surface area contributed by atoms with Crippen molar-refractivity contribution in [2.24, 2.45) is 0 Å². The van der Waals surface area contributed by atoms with Crippen molar-refractivity contribution in [3.63, 3.8) is 0 Å². The van der Waals surface area contributed by atoms with E-state index in [9.17, 15) is 0 Å². The van der Waals surface area contributed by atoms with Crippen LogP contribution in [0.1, 0.15) is 12.7 Å². The van der Waals surface area contributed by atoms with Crippen LogP contribution in [0.15, 0.2) is 89.3 Å². The molecular weight excluding hydrogens is 382 g/mol. The first-order chi connectivity index (χ1) is 15.3. The maximum Gasteiger partial charge on any atom is 0.164 e. The van der Waals surface area contributed by atoms with Crippen LogP contribution in [0.3, 0.4) is 0 Å². The Morgan fingerprint density at radius 1 is 0.677 bits per heavy atom. The molecule has 6 aromatic rings. The molecular formula is C27H19N3O. The molecule has 4 nitrogen and oxygen atoms in total. The Kier molecular flexibility index (Phi) is 4.03. The predicted octanol–water partition coefficient (Wildman–Crippen LogP) is 6.82. The maximum atomic E-state index is 6.22. The van der Waals surface area contributed by atoms with Gasteiger partial charge in [0.05, 0.1) is 0 Å². The molecule has 31 heavy (non-hydrogen) atoms. The standard InChI is InChI=1S/C27H19N3O/c1-2-24-28-26(17-9-4-3-5-10-17)30-27(29-24)20-13-8-14-22-25(20)21-15-18-11-6-7-12-19(18)16-23(21)31-22/h3-16H,2H2,1H3. The van der Waals surface area contributed by atoms with Crippen molar-refractivity contribution >= 4 is 32.7 Å². The van der Waals surface area contributed by atoms with Gasteiger partial charge in [-0.05, 0) is 29.0 Å². The number of nitrogens with zero attached hydrogens (tertiary/aromatic N) is 3. The van der Waals surface area contributed by atoms with Gasteiger partial charge in [-0.25, -0.2) is 15.0 Å². The van der Waals surface area contributed by atoms with Gasteiger partial charge in [-0.15, -0.1) is 0 Å². The zero-order chi connectivity index (χ0) is 20.8. The van der Waals surface area contributed by atoms with Crippen molar-refractivity contribution in [1.82, 2.24) is 15.0 Å². The van der Waals surface area contributed by atoms with Crippen LogP contribution in [0.25, 0.3) is 55.5 Å². The van der Waals surface area contributed by atoms with Crippen LogP contribution in [0.2, 0.25) is 0 Å². The normalized spacial score (nSPS) is 11.5. The number of hydrogen-bond donors (Lipinski definition) is 0. The van der Waals surface area contributed by atoms with E-state index in [2.05, 4.69) is 48.3 Å². The summed E-state index contributed by atoms with van der Waals surface area (Å²) in [4.78, 5) is 14.3. The number of hydrogen-bond acceptors (Lipinski definition) is 4. The third-order valence-corrected chi connectivity index (χ3v) is 5.63. The highest BCUT2D eigenvalue weighted by atomic mass is 16.3. The van der Waals surface area contributed by atoms with Gasteiger partial charge in [0, 0.05) is 28.3 Å². The lowest BCUT2D eigenvalue weighted by atomic mass is 10.0. The second-order valence-corrected chi connectivity index (χ2v) is 7.59. The summed E-state index contributed by atoms with van der Waals surface area (Å²) in [6.07, 6.45) is 0.738. The Labute approximate surface area is 179 Å². The smallest absolute Gasteiger partial charge is 0.164 e. The lowest BCUT2D eigenvalue weighted by Crippen LogP contribution is -2.02. The topological polar surface area (TPSA) is 51.8 Å². The summed E-state index contributed by atoms with van der Waals surface area (Å²) in [5.41, 5.74) is 3.65. The summed E-state index contributed by atoms with van der Waals surface area (Å²) in [5.74, 6) is 2.14. The first-order valence-electron chi connectivity index (χ1n) is 10.4. The SMILES string of the molecule is CCc1nc(-c2ccccc2)nc(-c2cccc3oc4cc5ccccc5cc4c23)n1. The lowest BCUT2D eigenvalue weighted by molar-refractivity contribution is 0.669. The lowest BCUT2D eigenvalue weighted by Gasteiger charge is -2.08. The van der Waals surface area contributed by atoms with Gasteiger partial charge in [0.25, 0.3) is 0 Å². The quantitative estimate of drug-likeness (QED) is 0.326. The average Bonchev–Trinajstić information content (AvgIpc) is 3.20. The summed E-state index contributed by atoms with van der Waals surface area (Å²) in [6.45, 7) is 2.06. The van der Waals surface area contributed by atoms with Gasteiger partial charge in [-0.3, -0.25) is 0 Å². The summed E-state index contributed by atoms with van der Waals surface area (Å²) >= 11 is 0. The van der Waals surface area contributed by atoms with E-state index in [4.69, 9.17) is 14.4 Å². The molecule has 0 amide bonds. The number of fused-ring (bicyclic) bond motifs is 4. The van der Waals surface area contributed by atoms with Crippen LogP contribution in [-0.2, 0) is 6.42 Å². The minimum Gasteiger partial charge on any atom is -0.456 e. The van der Waals surface area contributed by atoms with Crippen molar-refractivity contribution in [2.45, 2.75) is 13.3 Å². The largest absolute Gasteiger partial charge is 0.456 e. The first-order valence-corrected chi connectivity index (χ1v) is 10.4. The first kappa shape index (κ1) is 17.8. The van der Waals surface area contributed by atoms with Gasteiger partial charge in [0.15, 0.2) is 11.6 Å². The van der Waals surface area contributed by atoms with E-state index >= 15 is 0 Å². The van der Waals surface area contributed by atoms with Crippen LogP contribution in [0.5, 0.6) is 0 Å². The summed E-state index contributed by atoms with van der Waals surface area (Å²) in [5, 5.41) is 4.46. The number of aromatic nitrogens is 3. The summed E-state index contributed by atoms with van der Waals surface area (Å²) in [7, 11) is 0. The fraction of sp³-hybridized carbons (Fsp3) is 0.0741. The number of rotatable bonds is 3. The maximum absolute atomic E-state index is 6.22. The Morgan fingerprint density at radius 2 is 1.42 bits per heavy atom. The van der Waals surface area contributed by atoms with E-state index in [1.54, 1.807) is 0 Å². The van der Waals surface area contributed by atoms with E-state index in [1.807, 2.05) is 48.5 Å². The van der Waals surface area contributed by atoms with E-state index in [0.29, 0.717) is 11.6 Å². The highest BCUT2D eigenvalue weighted by Crippen LogP contribution is 2.37. The van der Waals surface area contributed by atoms with Gasteiger partial charge in [0.1, 0.15) is 17.0 Å². The molecule has 0 atom stereocenters. The highest BCUT2D eigenvalue weighted by Gasteiger charge is 2.17. The molecule has 0 aliphatic carbocycles. The Morgan fingerprint density at radius 3 is 2.23 bits per heavy atom. The molecule has 0 radical (unpaired) electrons. The molecule has 0 aliphatic heterocycles. The molecule has 0 spiro atoms. The van der Waals surface area contributed by atoms with Crippen molar-refractivity contribution in [1.29, 1.82) is 0 Å². The van der Waals surface area contributed by atoms with Gasteiger partial charge in [-0.1, -0.05) is 73.7 Å². The minimum atomic E-state index is 0.673. The third-order valence-electron chi connectivity index (χ3n) is 5.63. The number of aryl methyl sites for hydroxylation is 1. The molecule has 4 heteroatoms. The second-order valence-electron chi connectivity index (χ2n) is 7.59. The zero-order valence-electron chi connectivity index (χ0n) is 17.0. The van der Waals surface area contributed by atoms with Crippen LogP contribution in [0.4, 0.5) is 0 Å². The van der Waals surface area contributed by atoms with Crippen LogP contribution < -0.4 is 0 Å². The Bertz CT molecular complexity index is 1570. The van der Waals surface area contributed by atoms with Crippen molar-refractivity contribution in [2.75, 3.05) is 0 Å². The van der Waals surface area contributed by atoms with Crippen molar-refractivity contribution < 1.29 is 4.42 Å². The molecule has 2 aromatic heterocycles. The Balaban J connectivity index is 1.65. The van der Waals surface area contributed by atoms with Gasteiger partial charge in [0.2, 0.25) is 0 Å². The van der Waals surface area contributed by atoms with E-state index < -0.39 is 0 Å². The predicted molar refractivity (Wildman–Crippen MR) is 125 cm³/mol. The molecule has 4 aromatic carbocycles.